The van der Waals surface area contributed by atoms with E-state index in [2.05, 4.69) is 0 Å². The van der Waals surface area contributed by atoms with Crippen LogP contribution in [-0.2, 0) is 9.84 Å². The van der Waals surface area contributed by atoms with E-state index in [9.17, 15) is 8.42 Å². The molecule has 0 bridgehead atoms. The molecule has 0 saturated heterocycles. The minimum absolute atomic E-state index is 0.0223. The number of rotatable bonds is 3. The third kappa shape index (κ3) is 3.15. The van der Waals surface area contributed by atoms with Gasteiger partial charge in [-0.05, 0) is 36.8 Å². The number of nitriles is 1. The third-order valence-corrected chi connectivity index (χ3v) is 4.12. The molecule has 0 spiro atoms. The number of nitrogens with zero attached hydrogens (tertiary/aromatic N) is 1. The number of para-hydroxylation sites is 1. The van der Waals surface area contributed by atoms with Crippen molar-refractivity contribution in [1.82, 2.24) is 0 Å². The van der Waals surface area contributed by atoms with Crippen molar-refractivity contribution in [2.45, 2.75) is 11.8 Å². The lowest BCUT2D eigenvalue weighted by Gasteiger charge is -2.13. The number of anilines is 1. The lowest BCUT2D eigenvalue weighted by Crippen LogP contribution is -2.04. The van der Waals surface area contributed by atoms with Gasteiger partial charge >= 0.3 is 0 Å². The highest BCUT2D eigenvalue weighted by molar-refractivity contribution is 7.90. The summed E-state index contributed by atoms with van der Waals surface area (Å²) in [7, 11) is -3.43. The van der Waals surface area contributed by atoms with E-state index in [0.29, 0.717) is 11.3 Å². The maximum atomic E-state index is 11.6. The Bertz CT molecular complexity index is 836. The summed E-state index contributed by atoms with van der Waals surface area (Å²) in [5, 5.41) is 8.91. The monoisotopic (exact) mass is 302 g/mol. The van der Waals surface area contributed by atoms with Crippen molar-refractivity contribution < 1.29 is 13.2 Å². The molecule has 0 aromatic heterocycles. The summed E-state index contributed by atoms with van der Waals surface area (Å²) in [6, 6.07) is 11.6. The first-order valence-electron chi connectivity index (χ1n) is 6.10. The van der Waals surface area contributed by atoms with Crippen molar-refractivity contribution in [1.29, 1.82) is 5.26 Å². The SMILES string of the molecule is Cc1ccc(C#N)cc1Oc1cccc(S(C)(=O)=O)c1N. The maximum absolute atomic E-state index is 11.6. The van der Waals surface area contributed by atoms with Gasteiger partial charge in [-0.15, -0.1) is 0 Å². The largest absolute Gasteiger partial charge is 0.455 e. The number of nitrogen functional groups attached to an aromatic ring is 1. The minimum atomic E-state index is -3.43. The van der Waals surface area contributed by atoms with Gasteiger partial charge in [-0.3, -0.25) is 0 Å². The first-order valence-corrected chi connectivity index (χ1v) is 7.99. The molecule has 0 aliphatic rings. The van der Waals surface area contributed by atoms with E-state index in [1.165, 1.54) is 6.07 Å². The predicted molar refractivity (Wildman–Crippen MR) is 79.9 cm³/mol. The Hall–Kier alpha value is -2.52. The van der Waals surface area contributed by atoms with Crippen molar-refractivity contribution in [3.63, 3.8) is 0 Å². The number of benzene rings is 2. The second kappa shape index (κ2) is 5.46. The van der Waals surface area contributed by atoms with Gasteiger partial charge in [0.1, 0.15) is 5.75 Å². The van der Waals surface area contributed by atoms with Gasteiger partial charge in [0.2, 0.25) is 0 Å². The smallest absolute Gasteiger partial charge is 0.177 e. The molecule has 21 heavy (non-hydrogen) atoms. The van der Waals surface area contributed by atoms with Crippen LogP contribution in [0.3, 0.4) is 0 Å². The molecule has 0 radical (unpaired) electrons. The zero-order chi connectivity index (χ0) is 15.6. The van der Waals surface area contributed by atoms with Gasteiger partial charge in [0, 0.05) is 6.26 Å². The third-order valence-electron chi connectivity index (χ3n) is 2.96. The highest BCUT2D eigenvalue weighted by Crippen LogP contribution is 2.33. The molecule has 2 aromatic rings. The second-order valence-corrected chi connectivity index (χ2v) is 6.62. The average Bonchev–Trinajstić information content (AvgIpc) is 2.42. The van der Waals surface area contributed by atoms with Gasteiger partial charge < -0.3 is 10.5 Å². The maximum Gasteiger partial charge on any atom is 0.177 e. The van der Waals surface area contributed by atoms with Crippen LogP contribution in [0.5, 0.6) is 11.5 Å². The molecule has 5 nitrogen and oxygen atoms in total. The number of hydrogen-bond donors (Lipinski definition) is 1. The molecule has 0 heterocycles. The van der Waals surface area contributed by atoms with E-state index in [-0.39, 0.29) is 16.3 Å². The van der Waals surface area contributed by atoms with Crippen LogP contribution in [0.15, 0.2) is 41.3 Å². The topological polar surface area (TPSA) is 93.2 Å². The van der Waals surface area contributed by atoms with Crippen LogP contribution in [0.1, 0.15) is 11.1 Å². The van der Waals surface area contributed by atoms with Gasteiger partial charge in [0.15, 0.2) is 15.6 Å². The van der Waals surface area contributed by atoms with Crippen molar-refractivity contribution in [3.05, 3.63) is 47.5 Å². The van der Waals surface area contributed by atoms with Crippen LogP contribution in [-0.4, -0.2) is 14.7 Å². The molecule has 6 heteroatoms. The van der Waals surface area contributed by atoms with E-state index in [4.69, 9.17) is 15.7 Å². The first-order chi connectivity index (χ1) is 9.82. The van der Waals surface area contributed by atoms with Crippen LogP contribution in [0.25, 0.3) is 0 Å². The Labute approximate surface area is 123 Å². The predicted octanol–water partition coefficient (Wildman–Crippen LogP) is 2.64. The average molecular weight is 302 g/mol. The summed E-state index contributed by atoms with van der Waals surface area (Å²) >= 11 is 0. The van der Waals surface area contributed by atoms with Crippen LogP contribution < -0.4 is 10.5 Å². The van der Waals surface area contributed by atoms with E-state index in [0.717, 1.165) is 11.8 Å². The zero-order valence-corrected chi connectivity index (χ0v) is 12.4. The molecule has 0 atom stereocenters. The summed E-state index contributed by atoms with van der Waals surface area (Å²) in [5.74, 6) is 0.711. The molecular weight excluding hydrogens is 288 g/mol. The van der Waals surface area contributed by atoms with Crippen LogP contribution in [0.2, 0.25) is 0 Å². The van der Waals surface area contributed by atoms with Crippen molar-refractivity contribution in [2.75, 3.05) is 12.0 Å². The van der Waals surface area contributed by atoms with E-state index in [1.54, 1.807) is 30.3 Å². The zero-order valence-electron chi connectivity index (χ0n) is 11.6. The molecule has 0 unspecified atom stereocenters. The highest BCUT2D eigenvalue weighted by atomic mass is 32.2. The Morgan fingerprint density at radius 2 is 1.90 bits per heavy atom. The quantitative estimate of drug-likeness (QED) is 0.880. The lowest BCUT2D eigenvalue weighted by molar-refractivity contribution is 0.479. The van der Waals surface area contributed by atoms with E-state index in [1.807, 2.05) is 13.0 Å². The normalized spacial score (nSPS) is 10.9. The van der Waals surface area contributed by atoms with Gasteiger partial charge in [0.25, 0.3) is 0 Å². The van der Waals surface area contributed by atoms with Crippen molar-refractivity contribution >= 4 is 15.5 Å². The molecular formula is C15H14N2O3S. The molecule has 0 saturated carbocycles. The first kappa shape index (κ1) is 14.9. The number of hydrogen-bond acceptors (Lipinski definition) is 5. The molecule has 108 valence electrons. The minimum Gasteiger partial charge on any atom is -0.455 e. The fourth-order valence-electron chi connectivity index (χ4n) is 1.83. The van der Waals surface area contributed by atoms with Crippen molar-refractivity contribution in [3.8, 4) is 17.6 Å². The number of sulfone groups is 1. The Morgan fingerprint density at radius 1 is 1.19 bits per heavy atom. The molecule has 0 aliphatic carbocycles. The Kier molecular flexibility index (Phi) is 3.87. The van der Waals surface area contributed by atoms with Gasteiger partial charge in [-0.1, -0.05) is 12.1 Å². The molecule has 2 rings (SSSR count). The second-order valence-electron chi connectivity index (χ2n) is 4.63. The van der Waals surface area contributed by atoms with Gasteiger partial charge in [-0.25, -0.2) is 8.42 Å². The number of aryl methyl sites for hydroxylation is 1. The summed E-state index contributed by atoms with van der Waals surface area (Å²) in [5.41, 5.74) is 7.20. The summed E-state index contributed by atoms with van der Waals surface area (Å²) in [6.45, 7) is 1.83. The highest BCUT2D eigenvalue weighted by Gasteiger charge is 2.16. The molecule has 0 fully saturated rings. The molecule has 2 aromatic carbocycles. The van der Waals surface area contributed by atoms with E-state index >= 15 is 0 Å². The molecule has 2 N–H and O–H groups in total. The van der Waals surface area contributed by atoms with Crippen LogP contribution in [0, 0.1) is 18.3 Å². The fourth-order valence-corrected chi connectivity index (χ4v) is 2.66. The standard InChI is InChI=1S/C15H14N2O3S/c1-10-6-7-11(9-16)8-13(10)20-12-4-3-5-14(15(12)17)21(2,18)19/h3-8H,17H2,1-2H3. The Balaban J connectivity index is 2.49. The molecule has 0 aliphatic heterocycles. The van der Waals surface area contributed by atoms with Crippen LogP contribution in [0.4, 0.5) is 5.69 Å². The Morgan fingerprint density at radius 3 is 2.52 bits per heavy atom. The lowest BCUT2D eigenvalue weighted by atomic mass is 10.1. The number of nitrogens with two attached hydrogens (primary N) is 1. The summed E-state index contributed by atoms with van der Waals surface area (Å²) in [6.07, 6.45) is 1.09. The van der Waals surface area contributed by atoms with E-state index < -0.39 is 9.84 Å². The summed E-state index contributed by atoms with van der Waals surface area (Å²) < 4.78 is 29.0. The fraction of sp³-hybridized carbons (Fsp3) is 0.133. The summed E-state index contributed by atoms with van der Waals surface area (Å²) in [4.78, 5) is 0.0223. The van der Waals surface area contributed by atoms with Gasteiger partial charge in [0.05, 0.1) is 22.2 Å². The van der Waals surface area contributed by atoms with Crippen molar-refractivity contribution in [2.24, 2.45) is 0 Å². The number of ether oxygens (including phenoxy) is 1. The van der Waals surface area contributed by atoms with Gasteiger partial charge in [-0.2, -0.15) is 5.26 Å². The van der Waals surface area contributed by atoms with Crippen LogP contribution >= 0.6 is 0 Å². The molecule has 0 amide bonds.